The van der Waals surface area contributed by atoms with Crippen LogP contribution in [0.1, 0.15) is 24.2 Å². The van der Waals surface area contributed by atoms with Crippen LogP contribution in [0.15, 0.2) is 42.6 Å². The van der Waals surface area contributed by atoms with Gasteiger partial charge in [-0.05, 0) is 50.2 Å². The highest BCUT2D eigenvalue weighted by Gasteiger charge is 2.23. The summed E-state index contributed by atoms with van der Waals surface area (Å²) in [7, 11) is -3.33. The zero-order chi connectivity index (χ0) is 20.3. The van der Waals surface area contributed by atoms with Crippen LogP contribution in [-0.4, -0.2) is 50.9 Å². The number of benzene rings is 1. The molecule has 150 valence electrons. The Morgan fingerprint density at radius 3 is 2.21 bits per heavy atom. The minimum absolute atomic E-state index is 0.133. The molecule has 0 radical (unpaired) electrons. The molecule has 0 aliphatic carbocycles. The average Bonchev–Trinajstić information content (AvgIpc) is 2.61. The van der Waals surface area contributed by atoms with E-state index in [1.165, 1.54) is 0 Å². The number of aromatic nitrogens is 1. The number of anilines is 3. The van der Waals surface area contributed by atoms with Gasteiger partial charge in [-0.25, -0.2) is 13.4 Å². The molecule has 1 fully saturated rings. The number of sulfonamides is 1. The number of rotatable bonds is 5. The molecule has 1 aromatic carbocycles. The fourth-order valence-electron chi connectivity index (χ4n) is 3.11. The van der Waals surface area contributed by atoms with Crippen LogP contribution in [0.3, 0.4) is 0 Å². The number of nitrogens with zero attached hydrogens (tertiary/aromatic N) is 2. The lowest BCUT2D eigenvalue weighted by Crippen LogP contribution is -2.45. The predicted octanol–water partition coefficient (Wildman–Crippen LogP) is 2.32. The lowest BCUT2D eigenvalue weighted by molar-refractivity contribution is -0.00546. The number of nitrogens with one attached hydrogen (secondary N) is 2. The summed E-state index contributed by atoms with van der Waals surface area (Å²) in [5.41, 5.74) is 1.43. The Kier molecular flexibility index (Phi) is 5.85. The topological polar surface area (TPSA) is 101 Å². The Morgan fingerprint density at radius 1 is 1.07 bits per heavy atom. The molecule has 3 rings (SSSR count). The minimum Gasteiger partial charge on any atom is -0.372 e. The van der Waals surface area contributed by atoms with Gasteiger partial charge in [0, 0.05) is 30.7 Å². The number of carbonyl (C=O) groups excluding carboxylic acids is 1. The normalized spacial score (nSPS) is 19.9. The van der Waals surface area contributed by atoms with E-state index < -0.39 is 10.0 Å². The maximum atomic E-state index is 12.4. The molecule has 1 amide bonds. The summed E-state index contributed by atoms with van der Waals surface area (Å²) < 4.78 is 30.6. The number of hydrogen-bond donors (Lipinski definition) is 2. The zero-order valence-electron chi connectivity index (χ0n) is 16.0. The monoisotopic (exact) mass is 404 g/mol. The van der Waals surface area contributed by atoms with E-state index in [9.17, 15) is 13.2 Å². The van der Waals surface area contributed by atoms with Crippen LogP contribution in [0.4, 0.5) is 17.2 Å². The second-order valence-corrected chi connectivity index (χ2v) is 8.72. The third-order valence-corrected chi connectivity index (χ3v) is 4.81. The average molecular weight is 404 g/mol. The molecule has 0 saturated carbocycles. The molecule has 2 heterocycles. The summed E-state index contributed by atoms with van der Waals surface area (Å²) in [5, 5.41) is 2.77. The van der Waals surface area contributed by atoms with Gasteiger partial charge in [-0.1, -0.05) is 0 Å². The number of pyridine rings is 1. The molecule has 2 N–H and O–H groups in total. The molecular formula is C19H24N4O4S. The molecule has 1 aliphatic heterocycles. The second-order valence-electron chi connectivity index (χ2n) is 6.97. The van der Waals surface area contributed by atoms with Gasteiger partial charge in [0.1, 0.15) is 5.82 Å². The number of ether oxygens (including phenoxy) is 1. The van der Waals surface area contributed by atoms with Crippen molar-refractivity contribution >= 4 is 33.1 Å². The van der Waals surface area contributed by atoms with Crippen LogP contribution < -0.4 is 14.9 Å². The highest BCUT2D eigenvalue weighted by Crippen LogP contribution is 2.19. The Hall–Kier alpha value is -2.65. The van der Waals surface area contributed by atoms with Crippen LogP contribution in [-0.2, 0) is 14.8 Å². The predicted molar refractivity (Wildman–Crippen MR) is 109 cm³/mol. The maximum Gasteiger partial charge on any atom is 0.257 e. The first-order valence-electron chi connectivity index (χ1n) is 8.95. The van der Waals surface area contributed by atoms with Gasteiger partial charge < -0.3 is 15.0 Å². The van der Waals surface area contributed by atoms with Gasteiger partial charge in [0.25, 0.3) is 5.91 Å². The first-order chi connectivity index (χ1) is 13.2. The summed E-state index contributed by atoms with van der Waals surface area (Å²) in [6, 6.07) is 9.99. The maximum absolute atomic E-state index is 12.4. The first kappa shape index (κ1) is 20.1. The van der Waals surface area contributed by atoms with E-state index in [0.717, 1.165) is 25.2 Å². The largest absolute Gasteiger partial charge is 0.372 e. The molecule has 0 spiro atoms. The highest BCUT2D eigenvalue weighted by molar-refractivity contribution is 7.92. The molecular weight excluding hydrogens is 380 g/mol. The number of hydrogen-bond acceptors (Lipinski definition) is 6. The minimum atomic E-state index is -3.33. The Balaban J connectivity index is 1.63. The van der Waals surface area contributed by atoms with Crippen molar-refractivity contribution in [1.82, 2.24) is 4.98 Å². The van der Waals surface area contributed by atoms with Gasteiger partial charge >= 0.3 is 0 Å². The van der Waals surface area contributed by atoms with Crippen LogP contribution in [0, 0.1) is 0 Å². The fourth-order valence-corrected chi connectivity index (χ4v) is 3.68. The zero-order valence-corrected chi connectivity index (χ0v) is 16.9. The van der Waals surface area contributed by atoms with Gasteiger partial charge in [0.05, 0.1) is 24.0 Å². The summed E-state index contributed by atoms with van der Waals surface area (Å²) >= 11 is 0. The van der Waals surface area contributed by atoms with E-state index >= 15 is 0 Å². The van der Waals surface area contributed by atoms with E-state index in [2.05, 4.69) is 19.9 Å². The molecule has 2 atom stereocenters. The first-order valence-corrected chi connectivity index (χ1v) is 10.8. The standard InChI is InChI=1S/C19H24N4O4S/c1-13-11-23(12-14(2)27-13)18-9-4-15(10-20-18)19(24)21-16-5-7-17(8-6-16)22-28(3,25)26/h4-10,13-14,22H,11-12H2,1-3H3,(H,21,24). The second kappa shape index (κ2) is 8.15. The highest BCUT2D eigenvalue weighted by atomic mass is 32.2. The van der Waals surface area contributed by atoms with Crippen molar-refractivity contribution in [3.8, 4) is 0 Å². The molecule has 8 nitrogen and oxygen atoms in total. The Bertz CT molecular complexity index is 919. The van der Waals surface area contributed by atoms with Crippen LogP contribution in [0.25, 0.3) is 0 Å². The van der Waals surface area contributed by atoms with Crippen molar-refractivity contribution in [2.75, 3.05) is 34.3 Å². The molecule has 1 aliphatic rings. The third-order valence-electron chi connectivity index (χ3n) is 4.20. The Labute approximate surface area is 165 Å². The van der Waals surface area contributed by atoms with Gasteiger partial charge in [-0.3, -0.25) is 9.52 Å². The molecule has 1 saturated heterocycles. The lowest BCUT2D eigenvalue weighted by Gasteiger charge is -2.36. The number of morpholine rings is 1. The molecule has 28 heavy (non-hydrogen) atoms. The number of amides is 1. The Morgan fingerprint density at radius 2 is 1.68 bits per heavy atom. The van der Waals surface area contributed by atoms with Gasteiger partial charge in [0.15, 0.2) is 0 Å². The van der Waals surface area contributed by atoms with Crippen molar-refractivity contribution in [3.63, 3.8) is 0 Å². The number of carbonyl (C=O) groups is 1. The molecule has 1 aromatic heterocycles. The van der Waals surface area contributed by atoms with E-state index in [1.807, 2.05) is 19.9 Å². The summed E-state index contributed by atoms with van der Waals surface area (Å²) in [6.45, 7) is 5.58. The van der Waals surface area contributed by atoms with Crippen molar-refractivity contribution in [2.45, 2.75) is 26.1 Å². The van der Waals surface area contributed by atoms with E-state index in [4.69, 9.17) is 4.74 Å². The molecule has 2 unspecified atom stereocenters. The van der Waals surface area contributed by atoms with Gasteiger partial charge in [-0.15, -0.1) is 0 Å². The smallest absolute Gasteiger partial charge is 0.257 e. The van der Waals surface area contributed by atoms with Crippen LogP contribution in [0.5, 0.6) is 0 Å². The van der Waals surface area contributed by atoms with Crippen LogP contribution >= 0.6 is 0 Å². The van der Waals surface area contributed by atoms with E-state index in [1.54, 1.807) is 36.5 Å². The summed E-state index contributed by atoms with van der Waals surface area (Å²) in [6.07, 6.45) is 2.90. The van der Waals surface area contributed by atoms with Crippen LogP contribution in [0.2, 0.25) is 0 Å². The van der Waals surface area contributed by atoms with E-state index in [0.29, 0.717) is 16.9 Å². The summed E-state index contributed by atoms with van der Waals surface area (Å²) in [4.78, 5) is 19.0. The van der Waals surface area contributed by atoms with Gasteiger partial charge in [0.2, 0.25) is 10.0 Å². The third kappa shape index (κ3) is 5.43. The quantitative estimate of drug-likeness (QED) is 0.793. The molecule has 2 aromatic rings. The van der Waals surface area contributed by atoms with E-state index in [-0.39, 0.29) is 18.1 Å². The van der Waals surface area contributed by atoms with Gasteiger partial charge in [-0.2, -0.15) is 0 Å². The van der Waals surface area contributed by atoms with Crippen molar-refractivity contribution in [3.05, 3.63) is 48.2 Å². The molecule has 0 bridgehead atoms. The fraction of sp³-hybridized carbons (Fsp3) is 0.368. The summed E-state index contributed by atoms with van der Waals surface area (Å²) in [5.74, 6) is 0.529. The van der Waals surface area contributed by atoms with Crippen molar-refractivity contribution < 1.29 is 17.9 Å². The SMILES string of the molecule is CC1CN(c2ccc(C(=O)Nc3ccc(NS(C)(=O)=O)cc3)cn2)CC(C)O1. The molecule has 9 heteroatoms. The van der Waals surface area contributed by atoms with Crippen molar-refractivity contribution in [2.24, 2.45) is 0 Å². The van der Waals surface area contributed by atoms with Crippen molar-refractivity contribution in [1.29, 1.82) is 0 Å². The lowest BCUT2D eigenvalue weighted by atomic mass is 10.2.